The van der Waals surface area contributed by atoms with Crippen molar-refractivity contribution in [1.29, 1.82) is 0 Å². The van der Waals surface area contributed by atoms with Crippen LogP contribution in [0.25, 0.3) is 0 Å². The Hall–Kier alpha value is -1.44. The van der Waals surface area contributed by atoms with Crippen LogP contribution in [0.2, 0.25) is 0 Å². The van der Waals surface area contributed by atoms with Crippen molar-refractivity contribution in [2.75, 3.05) is 11.4 Å². The Morgan fingerprint density at radius 2 is 0.895 bits per heavy atom. The second kappa shape index (κ2) is 23.4. The lowest BCUT2D eigenvalue weighted by Gasteiger charge is -2.33. The Kier molecular flexibility index (Phi) is 20.2. The first-order chi connectivity index (χ1) is 18.9. The van der Waals surface area contributed by atoms with E-state index in [1.165, 1.54) is 166 Å². The van der Waals surface area contributed by atoms with E-state index < -0.39 is 0 Å². The molecule has 0 aromatic heterocycles. The van der Waals surface area contributed by atoms with E-state index in [1.54, 1.807) is 0 Å². The molecule has 0 radical (unpaired) electrons. The van der Waals surface area contributed by atoms with Crippen LogP contribution in [0.5, 0.6) is 0 Å². The lowest BCUT2D eigenvalue weighted by molar-refractivity contribution is 0.273. The lowest BCUT2D eigenvalue weighted by Crippen LogP contribution is -2.39. The molecule has 0 N–H and O–H groups in total. The summed E-state index contributed by atoms with van der Waals surface area (Å²) >= 11 is 0. The lowest BCUT2D eigenvalue weighted by atomic mass is 10.0. The van der Waals surface area contributed by atoms with Gasteiger partial charge in [-0.2, -0.15) is 0 Å². The Balaban J connectivity index is 1.52. The van der Waals surface area contributed by atoms with Gasteiger partial charge in [-0.25, -0.2) is 0 Å². The Morgan fingerprint density at radius 3 is 1.37 bits per heavy atom. The van der Waals surface area contributed by atoms with E-state index in [9.17, 15) is 0 Å². The molecule has 1 aliphatic heterocycles. The maximum atomic E-state index is 2.63. The fraction of sp³-hybridized carbons (Fsp3) is 0.778. The topological polar surface area (TPSA) is 6.48 Å². The third-order valence-corrected chi connectivity index (χ3v) is 8.51. The van der Waals surface area contributed by atoms with E-state index in [1.807, 2.05) is 0 Å². The van der Waals surface area contributed by atoms with E-state index in [-0.39, 0.29) is 0 Å². The molecule has 0 bridgehead atoms. The quantitative estimate of drug-likeness (QED) is 0.111. The first kappa shape index (κ1) is 32.8. The number of nitrogens with zero attached hydrogens (tertiary/aromatic N) is 2. The summed E-state index contributed by atoms with van der Waals surface area (Å²) in [5.41, 5.74) is 1.34. The molecule has 38 heavy (non-hydrogen) atoms. The largest absolute Gasteiger partial charge is 0.356 e. The Bertz CT molecular complexity index is 655. The average Bonchev–Trinajstić information content (AvgIpc) is 3.35. The van der Waals surface area contributed by atoms with Crippen molar-refractivity contribution in [3.63, 3.8) is 0 Å². The minimum atomic E-state index is 0.504. The SMILES string of the molecule is CCCCCCCCCCCCCCCCCCN1C=CN(c2ccccc2)C1CCCCCCCCC. The number of hydrogen-bond donors (Lipinski definition) is 0. The molecule has 1 unspecified atom stereocenters. The molecule has 0 fully saturated rings. The molecule has 1 aliphatic rings. The van der Waals surface area contributed by atoms with Gasteiger partial charge in [-0.1, -0.05) is 167 Å². The maximum Gasteiger partial charge on any atom is 0.105 e. The van der Waals surface area contributed by atoms with Crippen LogP contribution in [0.3, 0.4) is 0 Å². The third-order valence-electron chi connectivity index (χ3n) is 8.51. The van der Waals surface area contributed by atoms with Crippen LogP contribution in [0.4, 0.5) is 5.69 Å². The fourth-order valence-electron chi connectivity index (χ4n) is 6.03. The van der Waals surface area contributed by atoms with Gasteiger partial charge in [0.15, 0.2) is 0 Å². The van der Waals surface area contributed by atoms with Crippen molar-refractivity contribution in [1.82, 2.24) is 4.90 Å². The van der Waals surface area contributed by atoms with Crippen LogP contribution in [0, 0.1) is 0 Å². The predicted octanol–water partition coefficient (Wildman–Crippen LogP) is 12.0. The summed E-state index contributed by atoms with van der Waals surface area (Å²) in [5.74, 6) is 0. The van der Waals surface area contributed by atoms with Gasteiger partial charge in [0.05, 0.1) is 0 Å². The van der Waals surface area contributed by atoms with Crippen LogP contribution in [-0.4, -0.2) is 17.6 Å². The Morgan fingerprint density at radius 1 is 0.474 bits per heavy atom. The zero-order valence-corrected chi connectivity index (χ0v) is 25.7. The highest BCUT2D eigenvalue weighted by Gasteiger charge is 2.26. The molecular weight excluding hydrogens is 460 g/mol. The smallest absolute Gasteiger partial charge is 0.105 e. The van der Waals surface area contributed by atoms with Crippen LogP contribution >= 0.6 is 0 Å². The number of para-hydroxylation sites is 1. The van der Waals surface area contributed by atoms with Crippen molar-refractivity contribution in [3.05, 3.63) is 42.7 Å². The molecule has 2 rings (SSSR count). The van der Waals surface area contributed by atoms with Gasteiger partial charge < -0.3 is 9.80 Å². The fourth-order valence-corrected chi connectivity index (χ4v) is 6.03. The van der Waals surface area contributed by atoms with E-state index in [0.717, 1.165) is 0 Å². The standard InChI is InChI=1S/C36H64N2/c1-3-5-7-9-11-12-13-14-15-16-17-18-19-21-23-28-32-37-33-34-38(35-29-25-24-26-30-35)36(37)31-27-22-20-10-8-6-4-2/h24-26,29-30,33-34,36H,3-23,27-28,31-32H2,1-2H3. The number of unbranched alkanes of at least 4 members (excludes halogenated alkanes) is 21. The Labute approximate surface area is 238 Å². The average molecular weight is 525 g/mol. The molecule has 1 heterocycles. The van der Waals surface area contributed by atoms with E-state index in [2.05, 4.69) is 66.4 Å². The molecule has 0 saturated heterocycles. The van der Waals surface area contributed by atoms with Gasteiger partial charge in [-0.05, 0) is 31.4 Å². The summed E-state index contributed by atoms with van der Waals surface area (Å²) in [4.78, 5) is 5.15. The summed E-state index contributed by atoms with van der Waals surface area (Å²) in [6, 6.07) is 11.0. The van der Waals surface area contributed by atoms with Gasteiger partial charge in [0, 0.05) is 24.6 Å². The molecule has 2 nitrogen and oxygen atoms in total. The second-order valence-corrected chi connectivity index (χ2v) is 12.0. The zero-order chi connectivity index (χ0) is 26.9. The molecule has 0 aliphatic carbocycles. The molecule has 1 atom stereocenters. The summed E-state index contributed by atoms with van der Waals surface area (Å²) in [5, 5.41) is 0. The zero-order valence-electron chi connectivity index (χ0n) is 25.7. The van der Waals surface area contributed by atoms with Crippen molar-refractivity contribution in [3.8, 4) is 0 Å². The highest BCUT2D eigenvalue weighted by molar-refractivity contribution is 5.51. The molecule has 1 aromatic carbocycles. The third kappa shape index (κ3) is 15.2. The molecule has 0 spiro atoms. The summed E-state index contributed by atoms with van der Waals surface area (Å²) in [6.45, 7) is 5.82. The highest BCUT2D eigenvalue weighted by Crippen LogP contribution is 2.28. The van der Waals surface area contributed by atoms with Crippen molar-refractivity contribution in [2.24, 2.45) is 0 Å². The van der Waals surface area contributed by atoms with Crippen molar-refractivity contribution in [2.45, 2.75) is 174 Å². The molecule has 2 heteroatoms. The first-order valence-corrected chi connectivity index (χ1v) is 17.1. The number of rotatable bonds is 26. The summed E-state index contributed by atoms with van der Waals surface area (Å²) < 4.78 is 0. The molecule has 218 valence electrons. The van der Waals surface area contributed by atoms with Gasteiger partial charge in [0.1, 0.15) is 6.17 Å². The van der Waals surface area contributed by atoms with Gasteiger partial charge in [-0.15, -0.1) is 0 Å². The maximum absolute atomic E-state index is 2.63. The number of hydrogen-bond acceptors (Lipinski definition) is 2. The highest BCUT2D eigenvalue weighted by atomic mass is 15.4. The van der Waals surface area contributed by atoms with Gasteiger partial charge in [-0.3, -0.25) is 0 Å². The van der Waals surface area contributed by atoms with E-state index in [4.69, 9.17) is 0 Å². The van der Waals surface area contributed by atoms with Crippen LogP contribution in [0.1, 0.15) is 168 Å². The predicted molar refractivity (Wildman–Crippen MR) is 171 cm³/mol. The molecule has 1 aromatic rings. The van der Waals surface area contributed by atoms with Crippen LogP contribution < -0.4 is 4.90 Å². The van der Waals surface area contributed by atoms with Crippen LogP contribution in [0.15, 0.2) is 42.7 Å². The number of anilines is 1. The molecule has 0 saturated carbocycles. The van der Waals surface area contributed by atoms with Crippen LogP contribution in [-0.2, 0) is 0 Å². The first-order valence-electron chi connectivity index (χ1n) is 17.1. The van der Waals surface area contributed by atoms with Crippen molar-refractivity contribution >= 4 is 5.69 Å². The van der Waals surface area contributed by atoms with Gasteiger partial charge >= 0.3 is 0 Å². The summed E-state index contributed by atoms with van der Waals surface area (Å²) in [7, 11) is 0. The van der Waals surface area contributed by atoms with Gasteiger partial charge in [0.2, 0.25) is 0 Å². The second-order valence-electron chi connectivity index (χ2n) is 12.0. The molecular formula is C36H64N2. The van der Waals surface area contributed by atoms with Gasteiger partial charge in [0.25, 0.3) is 0 Å². The van der Waals surface area contributed by atoms with E-state index in [0.29, 0.717) is 6.17 Å². The van der Waals surface area contributed by atoms with Crippen molar-refractivity contribution < 1.29 is 0 Å². The minimum absolute atomic E-state index is 0.504. The minimum Gasteiger partial charge on any atom is -0.356 e. The van der Waals surface area contributed by atoms with E-state index >= 15 is 0 Å². The normalized spacial score (nSPS) is 15.2. The number of benzene rings is 1. The monoisotopic (exact) mass is 525 g/mol. The summed E-state index contributed by atoms with van der Waals surface area (Å²) in [6.07, 6.45) is 39.2. The molecule has 0 amide bonds.